The van der Waals surface area contributed by atoms with E-state index in [0.29, 0.717) is 18.2 Å². The van der Waals surface area contributed by atoms with Crippen LogP contribution in [0.3, 0.4) is 0 Å². The van der Waals surface area contributed by atoms with E-state index >= 15 is 0 Å². The van der Waals surface area contributed by atoms with E-state index in [1.54, 1.807) is 0 Å². The van der Waals surface area contributed by atoms with Crippen LogP contribution in [0, 0.1) is 5.92 Å². The SMILES string of the molecule is C=C(/C(=C\C=C/C)OCC(=O)NCC(O)CN1CCc2ccccc2C1)C1CNC1. The molecule has 6 heteroatoms. The molecule has 0 radical (unpaired) electrons. The van der Waals surface area contributed by atoms with E-state index in [-0.39, 0.29) is 19.1 Å². The number of fused-ring (bicyclic) bond motifs is 1. The van der Waals surface area contributed by atoms with Crippen molar-refractivity contribution < 1.29 is 14.6 Å². The number of amides is 1. The lowest BCUT2D eigenvalue weighted by Gasteiger charge is -2.30. The van der Waals surface area contributed by atoms with Gasteiger partial charge in [-0.25, -0.2) is 0 Å². The number of aliphatic hydroxyl groups excluding tert-OH is 1. The van der Waals surface area contributed by atoms with E-state index in [2.05, 4.69) is 40.3 Å². The van der Waals surface area contributed by atoms with Gasteiger partial charge < -0.3 is 20.5 Å². The van der Waals surface area contributed by atoms with Crippen molar-refractivity contribution in [1.82, 2.24) is 15.5 Å². The molecule has 1 aromatic carbocycles. The van der Waals surface area contributed by atoms with Crippen molar-refractivity contribution in [1.29, 1.82) is 0 Å². The summed E-state index contributed by atoms with van der Waals surface area (Å²) in [6.45, 7) is 10.2. The van der Waals surface area contributed by atoms with Gasteiger partial charge in [-0.1, -0.05) is 43.0 Å². The molecular weight excluding hydrogens is 378 g/mol. The molecule has 3 N–H and O–H groups in total. The molecule has 1 saturated heterocycles. The summed E-state index contributed by atoms with van der Waals surface area (Å²) in [4.78, 5) is 14.4. The first-order chi connectivity index (χ1) is 14.6. The molecule has 3 rings (SSSR count). The summed E-state index contributed by atoms with van der Waals surface area (Å²) >= 11 is 0. The van der Waals surface area contributed by atoms with Gasteiger partial charge >= 0.3 is 0 Å². The fourth-order valence-corrected chi connectivity index (χ4v) is 3.67. The average molecular weight is 412 g/mol. The Balaban J connectivity index is 1.39. The predicted molar refractivity (Wildman–Crippen MR) is 119 cm³/mol. The Kier molecular flexibility index (Phi) is 8.25. The topological polar surface area (TPSA) is 73.8 Å². The lowest BCUT2D eigenvalue weighted by atomic mass is 9.93. The van der Waals surface area contributed by atoms with E-state index in [9.17, 15) is 9.90 Å². The zero-order valence-electron chi connectivity index (χ0n) is 17.8. The van der Waals surface area contributed by atoms with Gasteiger partial charge in [-0.2, -0.15) is 0 Å². The van der Waals surface area contributed by atoms with Crippen LogP contribution in [-0.4, -0.2) is 61.3 Å². The summed E-state index contributed by atoms with van der Waals surface area (Å²) in [7, 11) is 0. The summed E-state index contributed by atoms with van der Waals surface area (Å²) in [6, 6.07) is 8.42. The average Bonchev–Trinajstić information content (AvgIpc) is 2.71. The number of rotatable bonds is 10. The predicted octanol–water partition coefficient (Wildman–Crippen LogP) is 1.77. The summed E-state index contributed by atoms with van der Waals surface area (Å²) in [5.74, 6) is 0.743. The molecule has 30 heavy (non-hydrogen) atoms. The Hall–Kier alpha value is -2.41. The molecular formula is C24H33N3O3. The smallest absolute Gasteiger partial charge is 0.258 e. The van der Waals surface area contributed by atoms with Gasteiger partial charge in [0.25, 0.3) is 5.91 Å². The molecule has 1 fully saturated rings. The lowest BCUT2D eigenvalue weighted by molar-refractivity contribution is -0.124. The summed E-state index contributed by atoms with van der Waals surface area (Å²) in [5.41, 5.74) is 3.61. The quantitative estimate of drug-likeness (QED) is 0.404. The number of hydrogen-bond donors (Lipinski definition) is 3. The first-order valence-electron chi connectivity index (χ1n) is 10.7. The molecule has 0 bridgehead atoms. The van der Waals surface area contributed by atoms with Crippen molar-refractivity contribution in [2.24, 2.45) is 5.92 Å². The number of carbonyl (C=O) groups is 1. The summed E-state index contributed by atoms with van der Waals surface area (Å²) in [5, 5.41) is 16.3. The monoisotopic (exact) mass is 411 g/mol. The van der Waals surface area contributed by atoms with Gasteiger partial charge in [0.15, 0.2) is 6.61 Å². The van der Waals surface area contributed by atoms with Crippen LogP contribution in [0.15, 0.2) is 60.4 Å². The zero-order chi connectivity index (χ0) is 21.3. The maximum Gasteiger partial charge on any atom is 0.258 e. The standard InChI is InChI=1S/C24H33N3O3/c1-3-4-9-23(18(2)21-12-25-13-21)30-17-24(29)26-14-22(28)16-27-11-10-19-7-5-6-8-20(19)15-27/h3-9,21-22,25,28H,2,10-17H2,1H3,(H,26,29)/b4-3-,23-9+. The first-order valence-corrected chi connectivity index (χ1v) is 10.7. The van der Waals surface area contributed by atoms with Gasteiger partial charge in [0.1, 0.15) is 5.76 Å². The number of ether oxygens (including phenoxy) is 1. The highest BCUT2D eigenvalue weighted by Crippen LogP contribution is 2.22. The van der Waals surface area contributed by atoms with Crippen LogP contribution >= 0.6 is 0 Å². The van der Waals surface area contributed by atoms with Crippen LogP contribution in [0.4, 0.5) is 0 Å². The second-order valence-corrected chi connectivity index (χ2v) is 7.94. The van der Waals surface area contributed by atoms with E-state index in [1.807, 2.05) is 31.2 Å². The van der Waals surface area contributed by atoms with Crippen molar-refractivity contribution in [3.8, 4) is 0 Å². The second-order valence-electron chi connectivity index (χ2n) is 7.94. The van der Waals surface area contributed by atoms with Crippen LogP contribution in [0.25, 0.3) is 0 Å². The fourth-order valence-electron chi connectivity index (χ4n) is 3.67. The van der Waals surface area contributed by atoms with Crippen molar-refractivity contribution in [2.75, 3.05) is 39.3 Å². The van der Waals surface area contributed by atoms with Crippen molar-refractivity contribution >= 4 is 5.91 Å². The number of nitrogens with zero attached hydrogens (tertiary/aromatic N) is 1. The third-order valence-corrected chi connectivity index (χ3v) is 5.60. The summed E-state index contributed by atoms with van der Waals surface area (Å²) < 4.78 is 5.72. The van der Waals surface area contributed by atoms with Gasteiger partial charge in [-0.3, -0.25) is 9.69 Å². The minimum absolute atomic E-state index is 0.0909. The fraction of sp³-hybridized carbons (Fsp3) is 0.458. The van der Waals surface area contributed by atoms with Gasteiger partial charge in [0, 0.05) is 45.2 Å². The number of nitrogens with one attached hydrogen (secondary N) is 2. The molecule has 162 valence electrons. The van der Waals surface area contributed by atoms with Crippen LogP contribution in [-0.2, 0) is 22.5 Å². The van der Waals surface area contributed by atoms with Gasteiger partial charge in [-0.05, 0) is 36.1 Å². The van der Waals surface area contributed by atoms with E-state index in [0.717, 1.165) is 38.2 Å². The minimum atomic E-state index is -0.617. The van der Waals surface area contributed by atoms with Crippen molar-refractivity contribution in [3.05, 3.63) is 71.5 Å². The van der Waals surface area contributed by atoms with Crippen LogP contribution in [0.1, 0.15) is 18.1 Å². The third kappa shape index (κ3) is 6.29. The molecule has 6 nitrogen and oxygen atoms in total. The molecule has 0 aromatic heterocycles. The van der Waals surface area contributed by atoms with Crippen LogP contribution in [0.5, 0.6) is 0 Å². The van der Waals surface area contributed by atoms with Gasteiger partial charge in [0.05, 0.1) is 6.10 Å². The molecule has 1 unspecified atom stereocenters. The zero-order valence-corrected chi connectivity index (χ0v) is 17.8. The molecule has 0 spiro atoms. The van der Waals surface area contributed by atoms with Crippen LogP contribution in [0.2, 0.25) is 0 Å². The number of hydrogen-bond acceptors (Lipinski definition) is 5. The Morgan fingerprint density at radius 2 is 2.17 bits per heavy atom. The Morgan fingerprint density at radius 1 is 1.40 bits per heavy atom. The van der Waals surface area contributed by atoms with Crippen molar-refractivity contribution in [2.45, 2.75) is 26.0 Å². The summed E-state index contributed by atoms with van der Waals surface area (Å²) in [6.07, 6.45) is 6.01. The molecule has 2 aliphatic rings. The number of β-amino-alcohol motifs (C(OH)–C–C–N with tert-alkyl or cyclic N) is 1. The molecule has 1 aromatic rings. The van der Waals surface area contributed by atoms with Gasteiger partial charge in [-0.15, -0.1) is 0 Å². The maximum atomic E-state index is 12.2. The van der Waals surface area contributed by atoms with E-state index in [4.69, 9.17) is 4.74 Å². The normalized spacial score (nSPS) is 18.5. The highest BCUT2D eigenvalue weighted by molar-refractivity contribution is 5.77. The minimum Gasteiger partial charge on any atom is -0.484 e. The highest BCUT2D eigenvalue weighted by atomic mass is 16.5. The number of benzene rings is 1. The molecule has 2 aliphatic heterocycles. The maximum absolute atomic E-state index is 12.2. The second kappa shape index (κ2) is 11.1. The van der Waals surface area contributed by atoms with E-state index in [1.165, 1.54) is 11.1 Å². The highest BCUT2D eigenvalue weighted by Gasteiger charge is 2.23. The lowest BCUT2D eigenvalue weighted by Crippen LogP contribution is -2.43. The van der Waals surface area contributed by atoms with Crippen LogP contribution < -0.4 is 10.6 Å². The van der Waals surface area contributed by atoms with E-state index < -0.39 is 6.10 Å². The Bertz CT molecular complexity index is 799. The molecule has 2 heterocycles. The first kappa shape index (κ1) is 22.3. The largest absolute Gasteiger partial charge is 0.484 e. The van der Waals surface area contributed by atoms with Gasteiger partial charge in [0.2, 0.25) is 0 Å². The number of carbonyl (C=O) groups excluding carboxylic acids is 1. The number of allylic oxidation sites excluding steroid dienone is 4. The molecule has 0 saturated carbocycles. The Morgan fingerprint density at radius 3 is 2.87 bits per heavy atom. The molecule has 1 atom stereocenters. The Labute approximate surface area is 179 Å². The molecule has 1 amide bonds. The number of aliphatic hydroxyl groups is 1. The molecule has 0 aliphatic carbocycles. The van der Waals surface area contributed by atoms with Crippen molar-refractivity contribution in [3.63, 3.8) is 0 Å². The third-order valence-electron chi connectivity index (χ3n) is 5.60.